The second-order valence-electron chi connectivity index (χ2n) is 6.55. The molecular formula is C21H17N7O. The Labute approximate surface area is 166 Å². The van der Waals surface area contributed by atoms with Gasteiger partial charge >= 0.3 is 0 Å². The number of anilines is 1. The first-order valence-corrected chi connectivity index (χ1v) is 9.20. The normalized spacial score (nSPS) is 12.2. The van der Waals surface area contributed by atoms with Gasteiger partial charge in [-0.05, 0) is 19.1 Å². The van der Waals surface area contributed by atoms with Crippen molar-refractivity contribution in [2.24, 2.45) is 0 Å². The van der Waals surface area contributed by atoms with Crippen molar-refractivity contribution in [3.8, 4) is 22.7 Å². The average molecular weight is 383 g/mol. The second-order valence-corrected chi connectivity index (χ2v) is 6.55. The lowest BCUT2D eigenvalue weighted by molar-refractivity contribution is 0.419. The first-order valence-electron chi connectivity index (χ1n) is 9.20. The molecule has 1 atom stereocenters. The van der Waals surface area contributed by atoms with Crippen molar-refractivity contribution in [1.82, 2.24) is 29.7 Å². The van der Waals surface area contributed by atoms with Gasteiger partial charge in [-0.3, -0.25) is 0 Å². The van der Waals surface area contributed by atoms with Crippen LogP contribution in [0.3, 0.4) is 0 Å². The molecule has 0 radical (unpaired) electrons. The van der Waals surface area contributed by atoms with Gasteiger partial charge in [-0.15, -0.1) is 0 Å². The van der Waals surface area contributed by atoms with E-state index in [1.54, 1.807) is 4.52 Å². The third-order valence-electron chi connectivity index (χ3n) is 4.54. The molecule has 0 spiro atoms. The molecule has 3 heterocycles. The van der Waals surface area contributed by atoms with Crippen LogP contribution in [-0.2, 0) is 0 Å². The van der Waals surface area contributed by atoms with Gasteiger partial charge in [0.25, 0.3) is 11.7 Å². The number of nitrogens with one attached hydrogen (secondary N) is 1. The van der Waals surface area contributed by atoms with E-state index < -0.39 is 0 Å². The smallest absolute Gasteiger partial charge is 0.257 e. The second kappa shape index (κ2) is 7.16. The van der Waals surface area contributed by atoms with Crippen LogP contribution in [0, 0.1) is 0 Å². The molecule has 5 rings (SSSR count). The maximum absolute atomic E-state index is 5.43. The van der Waals surface area contributed by atoms with Gasteiger partial charge in [0.05, 0.1) is 11.7 Å². The third kappa shape index (κ3) is 3.31. The molecule has 1 unspecified atom stereocenters. The van der Waals surface area contributed by atoms with Crippen LogP contribution in [-0.4, -0.2) is 29.7 Å². The van der Waals surface area contributed by atoms with Crippen LogP contribution in [0.4, 0.5) is 5.82 Å². The van der Waals surface area contributed by atoms with E-state index in [9.17, 15) is 0 Å². The fourth-order valence-electron chi connectivity index (χ4n) is 3.07. The highest BCUT2D eigenvalue weighted by atomic mass is 16.5. The third-order valence-corrected chi connectivity index (χ3v) is 4.54. The Balaban J connectivity index is 1.47. The molecule has 0 aliphatic carbocycles. The van der Waals surface area contributed by atoms with Crippen molar-refractivity contribution in [2.75, 3.05) is 5.32 Å². The Kier molecular flexibility index (Phi) is 4.21. The van der Waals surface area contributed by atoms with Gasteiger partial charge < -0.3 is 9.84 Å². The maximum Gasteiger partial charge on any atom is 0.257 e. The van der Waals surface area contributed by atoms with Crippen molar-refractivity contribution in [3.63, 3.8) is 0 Å². The van der Waals surface area contributed by atoms with Crippen molar-refractivity contribution >= 4 is 11.6 Å². The van der Waals surface area contributed by atoms with Crippen LogP contribution in [0.1, 0.15) is 18.8 Å². The zero-order valence-corrected chi connectivity index (χ0v) is 15.6. The van der Waals surface area contributed by atoms with E-state index in [4.69, 9.17) is 4.52 Å². The van der Waals surface area contributed by atoms with E-state index in [0.29, 0.717) is 17.5 Å². The van der Waals surface area contributed by atoms with Gasteiger partial charge in [0.1, 0.15) is 12.1 Å². The molecule has 0 aliphatic rings. The predicted octanol–water partition coefficient (Wildman–Crippen LogP) is 4.01. The van der Waals surface area contributed by atoms with Crippen LogP contribution < -0.4 is 5.32 Å². The molecule has 1 N–H and O–H groups in total. The van der Waals surface area contributed by atoms with E-state index in [2.05, 4.69) is 30.5 Å². The summed E-state index contributed by atoms with van der Waals surface area (Å²) in [5, 5.41) is 11.8. The Hall–Kier alpha value is -4.07. The zero-order valence-electron chi connectivity index (χ0n) is 15.6. The molecule has 0 saturated carbocycles. The number of aromatic nitrogens is 6. The molecule has 29 heavy (non-hydrogen) atoms. The molecule has 0 fully saturated rings. The number of benzene rings is 2. The zero-order chi connectivity index (χ0) is 19.6. The van der Waals surface area contributed by atoms with Crippen molar-refractivity contribution in [2.45, 2.75) is 13.0 Å². The Morgan fingerprint density at radius 1 is 0.931 bits per heavy atom. The SMILES string of the molecule is CC(Nc1cc(-c2ccccc2)nc2ncnn12)c1noc(-c2ccccc2)n1. The van der Waals surface area contributed by atoms with Gasteiger partial charge in [0.15, 0.2) is 5.82 Å². The minimum Gasteiger partial charge on any atom is -0.360 e. The molecule has 5 aromatic rings. The molecule has 0 aliphatic heterocycles. The minimum atomic E-state index is -0.213. The van der Waals surface area contributed by atoms with Crippen LogP contribution in [0.15, 0.2) is 77.6 Å². The minimum absolute atomic E-state index is 0.213. The topological polar surface area (TPSA) is 94.0 Å². The number of fused-ring (bicyclic) bond motifs is 1. The van der Waals surface area contributed by atoms with Gasteiger partial charge in [-0.2, -0.15) is 19.6 Å². The lowest BCUT2D eigenvalue weighted by atomic mass is 10.1. The van der Waals surface area contributed by atoms with Crippen molar-refractivity contribution < 1.29 is 4.52 Å². The van der Waals surface area contributed by atoms with E-state index in [1.807, 2.05) is 73.7 Å². The van der Waals surface area contributed by atoms with Gasteiger partial charge in [-0.1, -0.05) is 53.7 Å². The fourth-order valence-corrected chi connectivity index (χ4v) is 3.07. The predicted molar refractivity (Wildman–Crippen MR) is 108 cm³/mol. The first kappa shape index (κ1) is 17.1. The first-order chi connectivity index (χ1) is 14.3. The fraction of sp³-hybridized carbons (Fsp3) is 0.0952. The molecule has 0 bridgehead atoms. The highest BCUT2D eigenvalue weighted by Gasteiger charge is 2.17. The Morgan fingerprint density at radius 3 is 2.41 bits per heavy atom. The molecule has 0 saturated heterocycles. The summed E-state index contributed by atoms with van der Waals surface area (Å²) >= 11 is 0. The summed E-state index contributed by atoms with van der Waals surface area (Å²) in [5.41, 5.74) is 2.69. The van der Waals surface area contributed by atoms with E-state index >= 15 is 0 Å². The quantitative estimate of drug-likeness (QED) is 0.490. The summed E-state index contributed by atoms with van der Waals surface area (Å²) in [6, 6.07) is 21.4. The van der Waals surface area contributed by atoms with Crippen LogP contribution in [0.5, 0.6) is 0 Å². The number of hydrogen-bond donors (Lipinski definition) is 1. The van der Waals surface area contributed by atoms with Gasteiger partial charge in [0, 0.05) is 17.2 Å². The van der Waals surface area contributed by atoms with Crippen LogP contribution >= 0.6 is 0 Å². The van der Waals surface area contributed by atoms with Crippen LogP contribution in [0.2, 0.25) is 0 Å². The molecule has 2 aromatic carbocycles. The number of nitrogens with zero attached hydrogens (tertiary/aromatic N) is 6. The number of rotatable bonds is 5. The van der Waals surface area contributed by atoms with E-state index in [0.717, 1.165) is 22.6 Å². The van der Waals surface area contributed by atoms with E-state index in [-0.39, 0.29) is 6.04 Å². The van der Waals surface area contributed by atoms with Gasteiger partial charge in [0.2, 0.25) is 0 Å². The monoisotopic (exact) mass is 383 g/mol. The average Bonchev–Trinajstić information content (AvgIpc) is 3.45. The summed E-state index contributed by atoms with van der Waals surface area (Å²) in [6.45, 7) is 1.96. The van der Waals surface area contributed by atoms with Crippen molar-refractivity contribution in [3.05, 3.63) is 78.9 Å². The standard InChI is InChI=1S/C21H17N7O/c1-14(19-26-20(29-27-19)16-10-6-3-7-11-16)24-18-12-17(15-8-4-2-5-9-15)25-21-22-13-23-28(18)21/h2-14,24H,1H3. The summed E-state index contributed by atoms with van der Waals surface area (Å²) in [5.74, 6) is 2.29. The van der Waals surface area contributed by atoms with E-state index in [1.165, 1.54) is 6.33 Å². The molecule has 8 heteroatoms. The van der Waals surface area contributed by atoms with Crippen LogP contribution in [0.25, 0.3) is 28.5 Å². The molecule has 142 valence electrons. The summed E-state index contributed by atoms with van der Waals surface area (Å²) < 4.78 is 7.08. The highest BCUT2D eigenvalue weighted by Crippen LogP contribution is 2.25. The molecular weight excluding hydrogens is 366 g/mol. The molecule has 0 amide bonds. The Bertz CT molecular complexity index is 1250. The summed E-state index contributed by atoms with van der Waals surface area (Å²) in [4.78, 5) is 13.4. The summed E-state index contributed by atoms with van der Waals surface area (Å²) in [7, 11) is 0. The maximum atomic E-state index is 5.43. The van der Waals surface area contributed by atoms with Gasteiger partial charge in [-0.25, -0.2) is 4.98 Å². The lowest BCUT2D eigenvalue weighted by Crippen LogP contribution is -2.12. The molecule has 3 aromatic heterocycles. The molecule has 8 nitrogen and oxygen atoms in total. The summed E-state index contributed by atoms with van der Waals surface area (Å²) in [6.07, 6.45) is 1.48. The van der Waals surface area contributed by atoms with Crippen molar-refractivity contribution in [1.29, 1.82) is 0 Å². The highest BCUT2D eigenvalue weighted by molar-refractivity contribution is 5.65. The largest absolute Gasteiger partial charge is 0.360 e. The Morgan fingerprint density at radius 2 is 1.66 bits per heavy atom. The number of hydrogen-bond acceptors (Lipinski definition) is 7. The lowest BCUT2D eigenvalue weighted by Gasteiger charge is -2.13.